The van der Waals surface area contributed by atoms with Crippen molar-refractivity contribution in [1.29, 1.82) is 0 Å². The van der Waals surface area contributed by atoms with Gasteiger partial charge in [-0.25, -0.2) is 17.5 Å². The minimum atomic E-state index is -3.83. The molecule has 0 radical (unpaired) electrons. The topological polar surface area (TPSA) is 102 Å². The van der Waals surface area contributed by atoms with Crippen LogP contribution in [0.25, 0.3) is 5.82 Å². The maximum atomic E-state index is 13.2. The molecule has 0 aliphatic heterocycles. The van der Waals surface area contributed by atoms with Gasteiger partial charge in [-0.05, 0) is 73.2 Å². The lowest BCUT2D eigenvalue weighted by Gasteiger charge is -2.11. The van der Waals surface area contributed by atoms with Crippen molar-refractivity contribution < 1.29 is 12.8 Å². The molecule has 0 fully saturated rings. The predicted molar refractivity (Wildman–Crippen MR) is 111 cm³/mol. The Labute approximate surface area is 172 Å². The molecule has 30 heavy (non-hydrogen) atoms. The molecule has 0 spiro atoms. The van der Waals surface area contributed by atoms with Crippen molar-refractivity contribution in [2.45, 2.75) is 11.8 Å². The minimum absolute atomic E-state index is 0.0265. The second-order valence-electron chi connectivity index (χ2n) is 6.45. The van der Waals surface area contributed by atoms with Gasteiger partial charge in [-0.2, -0.15) is 5.10 Å². The molecule has 4 aromatic rings. The number of rotatable bonds is 6. The molecule has 2 heterocycles. The Bertz CT molecular complexity index is 1260. The van der Waals surface area contributed by atoms with E-state index in [1.54, 1.807) is 66.5 Å². The lowest BCUT2D eigenvalue weighted by molar-refractivity contribution is 0.598. The first kappa shape index (κ1) is 19.5. The highest BCUT2D eigenvalue weighted by atomic mass is 32.2. The number of hydrogen-bond acceptors (Lipinski definition) is 6. The van der Waals surface area contributed by atoms with Crippen LogP contribution in [0.2, 0.25) is 0 Å². The number of hydrogen-bond donors (Lipinski definition) is 2. The van der Waals surface area contributed by atoms with Gasteiger partial charge in [0.25, 0.3) is 10.0 Å². The van der Waals surface area contributed by atoms with Crippen LogP contribution in [0.5, 0.6) is 0 Å². The summed E-state index contributed by atoms with van der Waals surface area (Å²) in [6.45, 7) is 1.54. The van der Waals surface area contributed by atoms with Gasteiger partial charge in [-0.15, -0.1) is 10.2 Å². The van der Waals surface area contributed by atoms with Gasteiger partial charge in [0.15, 0.2) is 11.6 Å². The number of anilines is 3. The lowest BCUT2D eigenvalue weighted by atomic mass is 10.2. The molecule has 2 aromatic carbocycles. The quantitative estimate of drug-likeness (QED) is 0.490. The summed E-state index contributed by atoms with van der Waals surface area (Å²) >= 11 is 0. The molecule has 0 aliphatic rings. The van der Waals surface area contributed by atoms with Crippen LogP contribution >= 0.6 is 0 Å². The van der Waals surface area contributed by atoms with Crippen molar-refractivity contribution in [1.82, 2.24) is 20.0 Å². The van der Waals surface area contributed by atoms with E-state index in [4.69, 9.17) is 0 Å². The normalized spacial score (nSPS) is 11.3. The Morgan fingerprint density at radius 1 is 0.967 bits per heavy atom. The van der Waals surface area contributed by atoms with Gasteiger partial charge in [-0.3, -0.25) is 4.72 Å². The van der Waals surface area contributed by atoms with E-state index in [2.05, 4.69) is 25.3 Å². The largest absolute Gasteiger partial charge is 0.339 e. The van der Waals surface area contributed by atoms with Gasteiger partial charge >= 0.3 is 0 Å². The summed E-state index contributed by atoms with van der Waals surface area (Å²) in [7, 11) is -3.83. The molecule has 0 bridgehead atoms. The molecular weight excluding hydrogens is 407 g/mol. The molecule has 2 N–H and O–H groups in total. The molecule has 0 amide bonds. The summed E-state index contributed by atoms with van der Waals surface area (Å²) in [5, 5.41) is 15.4. The standard InChI is InChI=1S/C20H17FN6O2S/c1-14-13-15(21)3-8-18(14)30(28,29)26-17-6-4-16(5-7-17)23-19-9-10-20(25-24-19)27-12-2-11-22-27/h2-13,26H,1H3,(H,23,24). The van der Waals surface area contributed by atoms with E-state index >= 15 is 0 Å². The lowest BCUT2D eigenvalue weighted by Crippen LogP contribution is -2.14. The maximum absolute atomic E-state index is 13.2. The second kappa shape index (κ2) is 7.91. The Morgan fingerprint density at radius 3 is 2.37 bits per heavy atom. The third kappa shape index (κ3) is 4.28. The molecule has 152 valence electrons. The van der Waals surface area contributed by atoms with Crippen molar-refractivity contribution in [3.05, 3.63) is 84.4 Å². The molecule has 0 atom stereocenters. The molecule has 0 saturated heterocycles. The number of benzene rings is 2. The Kier molecular flexibility index (Phi) is 5.15. The van der Waals surface area contributed by atoms with Gasteiger partial charge in [0.1, 0.15) is 5.82 Å². The van der Waals surface area contributed by atoms with Crippen LogP contribution in [0.3, 0.4) is 0 Å². The van der Waals surface area contributed by atoms with Crippen molar-refractivity contribution >= 4 is 27.2 Å². The summed E-state index contributed by atoms with van der Waals surface area (Å²) in [5.41, 5.74) is 1.42. The molecule has 2 aromatic heterocycles. The zero-order chi connectivity index (χ0) is 21.1. The minimum Gasteiger partial charge on any atom is -0.339 e. The third-order valence-electron chi connectivity index (χ3n) is 4.23. The van der Waals surface area contributed by atoms with Crippen LogP contribution in [0.1, 0.15) is 5.56 Å². The van der Waals surface area contributed by atoms with Crippen LogP contribution < -0.4 is 10.0 Å². The van der Waals surface area contributed by atoms with Gasteiger partial charge in [0.2, 0.25) is 0 Å². The number of halogens is 1. The zero-order valence-corrected chi connectivity index (χ0v) is 16.6. The third-order valence-corrected chi connectivity index (χ3v) is 5.77. The summed E-state index contributed by atoms with van der Waals surface area (Å²) in [4.78, 5) is 0.0265. The summed E-state index contributed by atoms with van der Waals surface area (Å²) in [5.74, 6) is 0.634. The van der Waals surface area contributed by atoms with E-state index in [0.29, 0.717) is 28.6 Å². The van der Waals surface area contributed by atoms with Crippen LogP contribution in [-0.2, 0) is 10.0 Å². The molecule has 0 unspecified atom stereocenters. The zero-order valence-electron chi connectivity index (χ0n) is 15.8. The smallest absolute Gasteiger partial charge is 0.262 e. The highest BCUT2D eigenvalue weighted by molar-refractivity contribution is 7.92. The second-order valence-corrected chi connectivity index (χ2v) is 8.10. The SMILES string of the molecule is Cc1cc(F)ccc1S(=O)(=O)Nc1ccc(Nc2ccc(-n3cccn3)nn2)cc1. The molecule has 0 aliphatic carbocycles. The van der Waals surface area contributed by atoms with Crippen molar-refractivity contribution in [3.63, 3.8) is 0 Å². The molecular formula is C20H17FN6O2S. The van der Waals surface area contributed by atoms with Crippen molar-refractivity contribution in [2.75, 3.05) is 10.0 Å². The fourth-order valence-electron chi connectivity index (χ4n) is 2.81. The first-order valence-electron chi connectivity index (χ1n) is 8.90. The highest BCUT2D eigenvalue weighted by Crippen LogP contribution is 2.22. The Hall–Kier alpha value is -3.79. The fourth-order valence-corrected chi connectivity index (χ4v) is 4.10. The van der Waals surface area contributed by atoms with Crippen molar-refractivity contribution in [3.8, 4) is 5.82 Å². The summed E-state index contributed by atoms with van der Waals surface area (Å²) in [6, 6.07) is 15.5. The van der Waals surface area contributed by atoms with Gasteiger partial charge < -0.3 is 5.32 Å². The molecule has 0 saturated carbocycles. The molecule has 10 heteroatoms. The van der Waals surface area contributed by atoms with E-state index in [9.17, 15) is 12.8 Å². The van der Waals surface area contributed by atoms with Gasteiger partial charge in [-0.1, -0.05) is 0 Å². The van der Waals surface area contributed by atoms with Crippen LogP contribution in [0, 0.1) is 12.7 Å². The monoisotopic (exact) mass is 424 g/mol. The molecule has 8 nitrogen and oxygen atoms in total. The van der Waals surface area contributed by atoms with Gasteiger partial charge in [0.05, 0.1) is 4.90 Å². The average molecular weight is 424 g/mol. The first-order valence-corrected chi connectivity index (χ1v) is 10.4. The average Bonchev–Trinajstić information content (AvgIpc) is 3.24. The van der Waals surface area contributed by atoms with Crippen LogP contribution in [0.15, 0.2) is 78.0 Å². The Morgan fingerprint density at radius 2 is 1.73 bits per heavy atom. The van der Waals surface area contributed by atoms with Crippen LogP contribution in [0.4, 0.5) is 21.6 Å². The van der Waals surface area contributed by atoms with E-state index in [1.807, 2.05) is 0 Å². The Balaban J connectivity index is 1.45. The molecule has 4 rings (SSSR count). The van der Waals surface area contributed by atoms with E-state index < -0.39 is 15.8 Å². The predicted octanol–water partition coefficient (Wildman–Crippen LogP) is 3.65. The number of aromatic nitrogens is 4. The van der Waals surface area contributed by atoms with E-state index in [0.717, 1.165) is 6.07 Å². The number of nitrogens with zero attached hydrogens (tertiary/aromatic N) is 4. The van der Waals surface area contributed by atoms with Crippen molar-refractivity contribution in [2.24, 2.45) is 0 Å². The summed E-state index contributed by atoms with van der Waals surface area (Å²) < 4.78 is 42.5. The van der Waals surface area contributed by atoms with Crippen LogP contribution in [-0.4, -0.2) is 28.4 Å². The number of sulfonamides is 1. The number of aryl methyl sites for hydroxylation is 1. The summed E-state index contributed by atoms with van der Waals surface area (Å²) in [6.07, 6.45) is 3.42. The number of nitrogens with one attached hydrogen (secondary N) is 2. The van der Waals surface area contributed by atoms with E-state index in [1.165, 1.54) is 12.1 Å². The fraction of sp³-hybridized carbons (Fsp3) is 0.0500. The van der Waals surface area contributed by atoms with E-state index in [-0.39, 0.29) is 4.90 Å². The first-order chi connectivity index (χ1) is 14.4. The maximum Gasteiger partial charge on any atom is 0.262 e. The highest BCUT2D eigenvalue weighted by Gasteiger charge is 2.17. The van der Waals surface area contributed by atoms with Gasteiger partial charge in [0, 0.05) is 23.8 Å².